The highest BCUT2D eigenvalue weighted by Crippen LogP contribution is 2.11. The van der Waals surface area contributed by atoms with E-state index in [1.807, 2.05) is 48.0 Å². The van der Waals surface area contributed by atoms with Crippen LogP contribution in [-0.4, -0.2) is 4.57 Å². The van der Waals surface area contributed by atoms with Gasteiger partial charge in [-0.3, -0.25) is 0 Å². The Bertz CT molecular complexity index is 448. The molecule has 0 bridgehead atoms. The summed E-state index contributed by atoms with van der Waals surface area (Å²) in [5.41, 5.74) is 8.14. The van der Waals surface area contributed by atoms with Crippen LogP contribution in [-0.2, 0) is 18.1 Å². The van der Waals surface area contributed by atoms with Crippen LogP contribution in [0.3, 0.4) is 0 Å². The molecule has 1 aromatic carbocycles. The highest BCUT2D eigenvalue weighted by atomic mass is 16.5. The number of aromatic nitrogens is 1. The second-order valence-corrected chi connectivity index (χ2v) is 4.15. The molecule has 2 N–H and O–H groups in total. The molecule has 1 unspecified atom stereocenters. The number of nitrogens with zero attached hydrogens (tertiary/aromatic N) is 1. The van der Waals surface area contributed by atoms with E-state index >= 15 is 0 Å². The average molecular weight is 230 g/mol. The van der Waals surface area contributed by atoms with Gasteiger partial charge in [0.15, 0.2) is 0 Å². The van der Waals surface area contributed by atoms with Gasteiger partial charge in [-0.1, -0.05) is 30.3 Å². The maximum atomic E-state index is 5.87. The van der Waals surface area contributed by atoms with Gasteiger partial charge < -0.3 is 15.0 Å². The van der Waals surface area contributed by atoms with Gasteiger partial charge in [-0.15, -0.1) is 0 Å². The first-order valence-corrected chi connectivity index (χ1v) is 5.79. The molecule has 0 radical (unpaired) electrons. The average Bonchev–Trinajstić information content (AvgIpc) is 2.79. The lowest BCUT2D eigenvalue weighted by atomic mass is 10.2. The summed E-state index contributed by atoms with van der Waals surface area (Å²) in [4.78, 5) is 0. The molecule has 2 aromatic rings. The van der Waals surface area contributed by atoms with Crippen molar-refractivity contribution in [3.8, 4) is 0 Å². The summed E-state index contributed by atoms with van der Waals surface area (Å²) in [7, 11) is 0. The molecule has 1 aromatic heterocycles. The zero-order valence-corrected chi connectivity index (χ0v) is 10.0. The summed E-state index contributed by atoms with van der Waals surface area (Å²) < 4.78 is 7.70. The van der Waals surface area contributed by atoms with Crippen LogP contribution in [0.2, 0.25) is 0 Å². The van der Waals surface area contributed by atoms with E-state index in [0.717, 1.165) is 5.69 Å². The largest absolute Gasteiger partial charge is 0.356 e. The SMILES string of the molecule is CC(N)c1cccn1COCc1ccccc1. The summed E-state index contributed by atoms with van der Waals surface area (Å²) in [5, 5.41) is 0. The summed E-state index contributed by atoms with van der Waals surface area (Å²) in [6.45, 7) is 3.14. The quantitative estimate of drug-likeness (QED) is 0.857. The van der Waals surface area contributed by atoms with Crippen LogP contribution in [0.15, 0.2) is 48.7 Å². The van der Waals surface area contributed by atoms with Crippen LogP contribution in [0.4, 0.5) is 0 Å². The Morgan fingerprint density at radius 3 is 2.65 bits per heavy atom. The predicted octanol–water partition coefficient (Wildman–Crippen LogP) is 2.68. The summed E-state index contributed by atoms with van der Waals surface area (Å²) in [6.07, 6.45) is 1.99. The van der Waals surface area contributed by atoms with Gasteiger partial charge >= 0.3 is 0 Å². The van der Waals surface area contributed by atoms with Gasteiger partial charge in [0, 0.05) is 17.9 Å². The smallest absolute Gasteiger partial charge is 0.123 e. The van der Waals surface area contributed by atoms with Crippen molar-refractivity contribution < 1.29 is 4.74 Å². The van der Waals surface area contributed by atoms with Crippen molar-refractivity contribution in [3.63, 3.8) is 0 Å². The molecule has 17 heavy (non-hydrogen) atoms. The van der Waals surface area contributed by atoms with Crippen molar-refractivity contribution in [3.05, 3.63) is 59.9 Å². The molecule has 1 atom stereocenters. The molecular formula is C14H18N2O. The Morgan fingerprint density at radius 2 is 1.94 bits per heavy atom. The van der Waals surface area contributed by atoms with Crippen molar-refractivity contribution in [2.24, 2.45) is 5.73 Å². The Hall–Kier alpha value is -1.58. The molecule has 90 valence electrons. The number of hydrogen-bond donors (Lipinski definition) is 1. The second-order valence-electron chi connectivity index (χ2n) is 4.15. The van der Waals surface area contributed by atoms with Crippen LogP contribution in [0.25, 0.3) is 0 Å². The van der Waals surface area contributed by atoms with E-state index < -0.39 is 0 Å². The van der Waals surface area contributed by atoms with Crippen LogP contribution >= 0.6 is 0 Å². The fourth-order valence-corrected chi connectivity index (χ4v) is 1.79. The molecule has 0 aliphatic carbocycles. The Kier molecular flexibility index (Phi) is 3.96. The molecular weight excluding hydrogens is 212 g/mol. The first kappa shape index (κ1) is 11.9. The molecule has 1 heterocycles. The van der Waals surface area contributed by atoms with E-state index in [4.69, 9.17) is 10.5 Å². The van der Waals surface area contributed by atoms with Crippen molar-refractivity contribution in [1.82, 2.24) is 4.57 Å². The highest BCUT2D eigenvalue weighted by molar-refractivity contribution is 5.13. The molecule has 0 amide bonds. The fourth-order valence-electron chi connectivity index (χ4n) is 1.79. The van der Waals surface area contributed by atoms with Gasteiger partial charge in [-0.05, 0) is 24.6 Å². The molecule has 0 fully saturated rings. The topological polar surface area (TPSA) is 40.2 Å². The fraction of sp³-hybridized carbons (Fsp3) is 0.286. The first-order valence-electron chi connectivity index (χ1n) is 5.79. The lowest BCUT2D eigenvalue weighted by Gasteiger charge is -2.12. The third-order valence-corrected chi connectivity index (χ3v) is 2.67. The lowest BCUT2D eigenvalue weighted by molar-refractivity contribution is 0.0620. The molecule has 0 saturated carbocycles. The normalized spacial score (nSPS) is 12.6. The number of nitrogens with two attached hydrogens (primary N) is 1. The Morgan fingerprint density at radius 1 is 1.18 bits per heavy atom. The van der Waals surface area contributed by atoms with Crippen molar-refractivity contribution in [1.29, 1.82) is 0 Å². The maximum Gasteiger partial charge on any atom is 0.123 e. The highest BCUT2D eigenvalue weighted by Gasteiger charge is 2.04. The van der Waals surface area contributed by atoms with Gasteiger partial charge in [-0.2, -0.15) is 0 Å². The van der Waals surface area contributed by atoms with Crippen molar-refractivity contribution in [2.45, 2.75) is 26.3 Å². The minimum atomic E-state index is 0.0327. The standard InChI is InChI=1S/C14H18N2O/c1-12(15)14-8-5-9-16(14)11-17-10-13-6-3-2-4-7-13/h2-9,12H,10-11,15H2,1H3. The zero-order chi connectivity index (χ0) is 12.1. The number of hydrogen-bond acceptors (Lipinski definition) is 2. The van der Waals surface area contributed by atoms with E-state index in [-0.39, 0.29) is 6.04 Å². The lowest BCUT2D eigenvalue weighted by Crippen LogP contribution is -2.13. The van der Waals surface area contributed by atoms with Gasteiger partial charge in [-0.25, -0.2) is 0 Å². The van der Waals surface area contributed by atoms with E-state index in [1.54, 1.807) is 0 Å². The molecule has 3 heteroatoms. The van der Waals surface area contributed by atoms with Gasteiger partial charge in [0.05, 0.1) is 6.61 Å². The number of rotatable bonds is 5. The van der Waals surface area contributed by atoms with Gasteiger partial charge in [0.2, 0.25) is 0 Å². The zero-order valence-electron chi connectivity index (χ0n) is 10.0. The van der Waals surface area contributed by atoms with Crippen molar-refractivity contribution >= 4 is 0 Å². The molecule has 0 saturated heterocycles. The summed E-state index contributed by atoms with van der Waals surface area (Å²) in [6, 6.07) is 14.2. The molecule has 2 rings (SSSR count). The number of benzene rings is 1. The first-order chi connectivity index (χ1) is 8.27. The van der Waals surface area contributed by atoms with Crippen LogP contribution in [0.1, 0.15) is 24.2 Å². The maximum absolute atomic E-state index is 5.87. The monoisotopic (exact) mass is 230 g/mol. The van der Waals surface area contributed by atoms with Gasteiger partial charge in [0.1, 0.15) is 6.73 Å². The van der Waals surface area contributed by atoms with Crippen LogP contribution in [0, 0.1) is 0 Å². The van der Waals surface area contributed by atoms with Gasteiger partial charge in [0.25, 0.3) is 0 Å². The molecule has 0 aliphatic heterocycles. The van der Waals surface area contributed by atoms with Crippen molar-refractivity contribution in [2.75, 3.05) is 0 Å². The number of ether oxygens (including phenoxy) is 1. The minimum Gasteiger partial charge on any atom is -0.356 e. The van der Waals surface area contributed by atoms with Crippen LogP contribution < -0.4 is 5.73 Å². The Balaban J connectivity index is 1.88. The van der Waals surface area contributed by atoms with Crippen LogP contribution in [0.5, 0.6) is 0 Å². The Labute approximate surface area is 102 Å². The molecule has 0 spiro atoms. The van der Waals surface area contributed by atoms with E-state index in [1.165, 1.54) is 5.56 Å². The predicted molar refractivity (Wildman–Crippen MR) is 68.3 cm³/mol. The molecule has 0 aliphatic rings. The summed E-state index contributed by atoms with van der Waals surface area (Å²) >= 11 is 0. The minimum absolute atomic E-state index is 0.0327. The second kappa shape index (κ2) is 5.66. The van der Waals surface area contributed by atoms with E-state index in [2.05, 4.69) is 12.1 Å². The van der Waals surface area contributed by atoms with E-state index in [0.29, 0.717) is 13.3 Å². The molecule has 3 nitrogen and oxygen atoms in total. The third-order valence-electron chi connectivity index (χ3n) is 2.67. The summed E-state index contributed by atoms with van der Waals surface area (Å²) in [5.74, 6) is 0. The third kappa shape index (κ3) is 3.19. The van der Waals surface area contributed by atoms with E-state index in [9.17, 15) is 0 Å².